The molecular formula is C15H17N3. The van der Waals surface area contributed by atoms with Crippen molar-refractivity contribution >= 4 is 16.7 Å². The summed E-state index contributed by atoms with van der Waals surface area (Å²) in [5.41, 5.74) is 2.24. The first-order chi connectivity index (χ1) is 8.83. The van der Waals surface area contributed by atoms with Gasteiger partial charge in [-0.2, -0.15) is 0 Å². The molecule has 92 valence electrons. The minimum absolute atomic E-state index is 0.494. The SMILES string of the molecule is Cc1ccc2ncnc(NC3CC=CCC3)c2c1. The zero-order valence-corrected chi connectivity index (χ0v) is 10.6. The number of nitrogens with one attached hydrogen (secondary N) is 1. The topological polar surface area (TPSA) is 37.8 Å². The van der Waals surface area contributed by atoms with E-state index in [0.717, 1.165) is 29.6 Å². The fourth-order valence-corrected chi connectivity index (χ4v) is 2.40. The summed E-state index contributed by atoms with van der Waals surface area (Å²) in [6.07, 6.45) is 9.54. The van der Waals surface area contributed by atoms with E-state index in [0.29, 0.717) is 6.04 Å². The van der Waals surface area contributed by atoms with Crippen molar-refractivity contribution in [1.82, 2.24) is 9.97 Å². The molecule has 1 aliphatic carbocycles. The van der Waals surface area contributed by atoms with E-state index in [-0.39, 0.29) is 0 Å². The van der Waals surface area contributed by atoms with Crippen molar-refractivity contribution in [2.24, 2.45) is 0 Å². The lowest BCUT2D eigenvalue weighted by molar-refractivity contribution is 0.643. The number of allylic oxidation sites excluding steroid dienone is 1. The number of nitrogens with zero attached hydrogens (tertiary/aromatic N) is 2. The van der Waals surface area contributed by atoms with Crippen LogP contribution in [0.5, 0.6) is 0 Å². The fourth-order valence-electron chi connectivity index (χ4n) is 2.40. The molecule has 3 nitrogen and oxygen atoms in total. The molecule has 18 heavy (non-hydrogen) atoms. The molecule has 0 saturated heterocycles. The Morgan fingerprint density at radius 2 is 2.17 bits per heavy atom. The standard InChI is InChI=1S/C15H17N3/c1-11-7-8-14-13(9-11)15(17-10-16-14)18-12-5-3-2-4-6-12/h2-3,7-10,12H,4-6H2,1H3,(H,16,17,18). The maximum absolute atomic E-state index is 4.40. The molecule has 0 bridgehead atoms. The number of rotatable bonds is 2. The van der Waals surface area contributed by atoms with Crippen LogP contribution in [-0.4, -0.2) is 16.0 Å². The predicted octanol–water partition coefficient (Wildman–Crippen LogP) is 3.46. The highest BCUT2D eigenvalue weighted by molar-refractivity contribution is 5.89. The van der Waals surface area contributed by atoms with Crippen LogP contribution in [0, 0.1) is 6.92 Å². The lowest BCUT2D eigenvalue weighted by atomic mass is 10.0. The summed E-state index contributed by atoms with van der Waals surface area (Å²) < 4.78 is 0. The molecule has 0 fully saturated rings. The first-order valence-electron chi connectivity index (χ1n) is 6.46. The molecule has 0 radical (unpaired) electrons. The Morgan fingerprint density at radius 3 is 3.00 bits per heavy atom. The Labute approximate surface area is 107 Å². The lowest BCUT2D eigenvalue weighted by Crippen LogP contribution is -2.21. The summed E-state index contributed by atoms with van der Waals surface area (Å²) in [4.78, 5) is 8.71. The van der Waals surface area contributed by atoms with Crippen molar-refractivity contribution in [3.05, 3.63) is 42.2 Å². The smallest absolute Gasteiger partial charge is 0.137 e. The maximum Gasteiger partial charge on any atom is 0.137 e. The quantitative estimate of drug-likeness (QED) is 0.815. The largest absolute Gasteiger partial charge is 0.366 e. The van der Waals surface area contributed by atoms with Gasteiger partial charge < -0.3 is 5.32 Å². The van der Waals surface area contributed by atoms with Crippen LogP contribution in [0.2, 0.25) is 0 Å². The summed E-state index contributed by atoms with van der Waals surface area (Å²) in [6.45, 7) is 2.10. The van der Waals surface area contributed by atoms with Crippen LogP contribution in [0.3, 0.4) is 0 Å². The summed E-state index contributed by atoms with van der Waals surface area (Å²) >= 11 is 0. The molecule has 1 heterocycles. The van der Waals surface area contributed by atoms with E-state index in [9.17, 15) is 0 Å². The highest BCUT2D eigenvalue weighted by Crippen LogP contribution is 2.23. The zero-order valence-electron chi connectivity index (χ0n) is 10.6. The molecule has 3 heteroatoms. The Balaban J connectivity index is 1.95. The molecule has 0 spiro atoms. The van der Waals surface area contributed by atoms with Crippen LogP contribution < -0.4 is 5.32 Å². The average Bonchev–Trinajstić information content (AvgIpc) is 2.41. The van der Waals surface area contributed by atoms with E-state index in [4.69, 9.17) is 0 Å². The highest BCUT2D eigenvalue weighted by Gasteiger charge is 2.12. The molecule has 1 aromatic carbocycles. The van der Waals surface area contributed by atoms with Crippen molar-refractivity contribution < 1.29 is 0 Å². The number of aryl methyl sites for hydroxylation is 1. The van der Waals surface area contributed by atoms with Gasteiger partial charge in [-0.25, -0.2) is 9.97 Å². The molecule has 0 saturated carbocycles. The summed E-state index contributed by atoms with van der Waals surface area (Å²) in [7, 11) is 0. The van der Waals surface area contributed by atoms with Crippen LogP contribution in [0.15, 0.2) is 36.7 Å². The summed E-state index contributed by atoms with van der Waals surface area (Å²) in [5, 5.41) is 4.67. The van der Waals surface area contributed by atoms with Gasteiger partial charge in [0.05, 0.1) is 5.52 Å². The second-order valence-electron chi connectivity index (χ2n) is 4.87. The van der Waals surface area contributed by atoms with Crippen LogP contribution >= 0.6 is 0 Å². The monoisotopic (exact) mass is 239 g/mol. The lowest BCUT2D eigenvalue weighted by Gasteiger charge is -2.20. The Hall–Kier alpha value is -1.90. The van der Waals surface area contributed by atoms with Crippen molar-refractivity contribution in [3.63, 3.8) is 0 Å². The van der Waals surface area contributed by atoms with Gasteiger partial charge in [0, 0.05) is 11.4 Å². The Kier molecular flexibility index (Phi) is 2.97. The van der Waals surface area contributed by atoms with E-state index in [2.05, 4.69) is 52.6 Å². The van der Waals surface area contributed by atoms with E-state index in [1.165, 1.54) is 12.0 Å². The average molecular weight is 239 g/mol. The number of hydrogen-bond acceptors (Lipinski definition) is 3. The maximum atomic E-state index is 4.40. The minimum Gasteiger partial charge on any atom is -0.366 e. The fraction of sp³-hybridized carbons (Fsp3) is 0.333. The van der Waals surface area contributed by atoms with Gasteiger partial charge in [-0.1, -0.05) is 23.8 Å². The van der Waals surface area contributed by atoms with Crippen molar-refractivity contribution in [1.29, 1.82) is 0 Å². The van der Waals surface area contributed by atoms with E-state index >= 15 is 0 Å². The van der Waals surface area contributed by atoms with Crippen LogP contribution in [0.25, 0.3) is 10.9 Å². The van der Waals surface area contributed by atoms with Gasteiger partial charge in [0.1, 0.15) is 12.1 Å². The Bertz CT molecular complexity index is 589. The first-order valence-corrected chi connectivity index (χ1v) is 6.46. The number of fused-ring (bicyclic) bond motifs is 1. The highest BCUT2D eigenvalue weighted by atomic mass is 15.0. The van der Waals surface area contributed by atoms with Crippen molar-refractivity contribution in [2.75, 3.05) is 5.32 Å². The molecular weight excluding hydrogens is 222 g/mol. The van der Waals surface area contributed by atoms with E-state index < -0.39 is 0 Å². The van der Waals surface area contributed by atoms with Gasteiger partial charge in [0.15, 0.2) is 0 Å². The molecule has 1 unspecified atom stereocenters. The first kappa shape index (κ1) is 11.2. The molecule has 1 aliphatic rings. The molecule has 3 rings (SSSR count). The van der Waals surface area contributed by atoms with Gasteiger partial charge in [-0.05, 0) is 38.3 Å². The van der Waals surface area contributed by atoms with Gasteiger partial charge in [-0.3, -0.25) is 0 Å². The Morgan fingerprint density at radius 1 is 1.22 bits per heavy atom. The number of aromatic nitrogens is 2. The molecule has 0 amide bonds. The number of anilines is 1. The molecule has 1 aromatic heterocycles. The molecule has 1 atom stereocenters. The third kappa shape index (κ3) is 2.21. The van der Waals surface area contributed by atoms with Gasteiger partial charge in [-0.15, -0.1) is 0 Å². The third-order valence-electron chi connectivity index (χ3n) is 3.40. The van der Waals surface area contributed by atoms with Gasteiger partial charge >= 0.3 is 0 Å². The normalized spacial score (nSPS) is 19.1. The summed E-state index contributed by atoms with van der Waals surface area (Å²) in [6, 6.07) is 6.78. The second-order valence-corrected chi connectivity index (χ2v) is 4.87. The van der Waals surface area contributed by atoms with E-state index in [1.54, 1.807) is 6.33 Å². The number of hydrogen-bond donors (Lipinski definition) is 1. The van der Waals surface area contributed by atoms with Gasteiger partial charge in [0.2, 0.25) is 0 Å². The van der Waals surface area contributed by atoms with Crippen LogP contribution in [-0.2, 0) is 0 Å². The molecule has 2 aromatic rings. The minimum atomic E-state index is 0.494. The van der Waals surface area contributed by atoms with Crippen LogP contribution in [0.1, 0.15) is 24.8 Å². The molecule has 0 aliphatic heterocycles. The second kappa shape index (κ2) is 4.77. The molecule has 1 N–H and O–H groups in total. The number of benzene rings is 1. The van der Waals surface area contributed by atoms with Gasteiger partial charge in [0.25, 0.3) is 0 Å². The van der Waals surface area contributed by atoms with Crippen molar-refractivity contribution in [3.8, 4) is 0 Å². The third-order valence-corrected chi connectivity index (χ3v) is 3.40. The summed E-state index contributed by atoms with van der Waals surface area (Å²) in [5.74, 6) is 0.962. The zero-order chi connectivity index (χ0) is 12.4. The van der Waals surface area contributed by atoms with Crippen molar-refractivity contribution in [2.45, 2.75) is 32.2 Å². The van der Waals surface area contributed by atoms with Crippen LogP contribution in [0.4, 0.5) is 5.82 Å². The van der Waals surface area contributed by atoms with E-state index in [1.807, 2.05) is 0 Å². The predicted molar refractivity (Wildman–Crippen MR) is 74.7 cm³/mol.